The van der Waals surface area contributed by atoms with Crippen LogP contribution in [0.15, 0.2) is 48.5 Å². The molecule has 28 heavy (non-hydrogen) atoms. The first kappa shape index (κ1) is 18.3. The van der Waals surface area contributed by atoms with Gasteiger partial charge in [-0.15, -0.1) is 0 Å². The number of rotatable bonds is 4. The van der Waals surface area contributed by atoms with Gasteiger partial charge in [0.2, 0.25) is 0 Å². The highest BCUT2D eigenvalue weighted by Gasteiger charge is 2.34. The molecule has 5 nitrogen and oxygen atoms in total. The number of imide groups is 1. The van der Waals surface area contributed by atoms with Gasteiger partial charge < -0.3 is 9.47 Å². The van der Waals surface area contributed by atoms with Crippen LogP contribution in [0.25, 0.3) is 0 Å². The minimum atomic E-state index is -0.245. The maximum Gasteiger partial charge on any atom is 0.261 e. The number of ether oxygens (including phenoxy) is 2. The molecule has 0 radical (unpaired) electrons. The van der Waals surface area contributed by atoms with E-state index in [-0.39, 0.29) is 24.6 Å². The molecule has 2 aromatic rings. The number of benzene rings is 2. The summed E-state index contributed by atoms with van der Waals surface area (Å²) in [5.41, 5.74) is 1.76. The van der Waals surface area contributed by atoms with Crippen molar-refractivity contribution in [3.8, 4) is 17.6 Å². The molecule has 2 amide bonds. The molecule has 1 unspecified atom stereocenters. The molecular formula is C23H21NO4. The summed E-state index contributed by atoms with van der Waals surface area (Å²) in [7, 11) is 0. The molecular weight excluding hydrogens is 354 g/mol. The van der Waals surface area contributed by atoms with Crippen LogP contribution in [0.5, 0.6) is 5.75 Å². The predicted octanol–water partition coefficient (Wildman–Crippen LogP) is 3.63. The lowest BCUT2D eigenvalue weighted by Crippen LogP contribution is -2.30. The van der Waals surface area contributed by atoms with Gasteiger partial charge in [-0.25, -0.2) is 0 Å². The van der Waals surface area contributed by atoms with Crippen molar-refractivity contribution in [2.75, 3.05) is 13.2 Å². The Bertz CT molecular complexity index is 915. The van der Waals surface area contributed by atoms with Crippen molar-refractivity contribution in [1.82, 2.24) is 4.90 Å². The van der Waals surface area contributed by atoms with Crippen molar-refractivity contribution < 1.29 is 19.1 Å². The van der Waals surface area contributed by atoms with E-state index in [4.69, 9.17) is 9.47 Å². The van der Waals surface area contributed by atoms with Gasteiger partial charge in [0, 0.05) is 24.9 Å². The molecule has 0 bridgehead atoms. The molecule has 2 aliphatic rings. The summed E-state index contributed by atoms with van der Waals surface area (Å²) in [6.07, 6.45) is 3.32. The third kappa shape index (κ3) is 3.92. The van der Waals surface area contributed by atoms with Gasteiger partial charge in [0.05, 0.1) is 17.7 Å². The van der Waals surface area contributed by atoms with Gasteiger partial charge in [0.15, 0.2) is 6.29 Å². The summed E-state index contributed by atoms with van der Waals surface area (Å²) in [6.45, 7) is 1.02. The van der Waals surface area contributed by atoms with Crippen LogP contribution >= 0.6 is 0 Å². The first-order chi connectivity index (χ1) is 13.7. The lowest BCUT2D eigenvalue weighted by Gasteiger charge is -2.23. The SMILES string of the molecule is O=C1c2ccccc2C(=O)N1CCC#Cc1cccc(OC2CCCCO2)c1. The molecule has 1 fully saturated rings. The highest BCUT2D eigenvalue weighted by molar-refractivity contribution is 6.21. The van der Waals surface area contributed by atoms with Crippen LogP contribution in [0.1, 0.15) is 52.0 Å². The van der Waals surface area contributed by atoms with Crippen LogP contribution in [0.4, 0.5) is 0 Å². The molecule has 4 rings (SSSR count). The zero-order valence-electron chi connectivity index (χ0n) is 15.5. The number of fused-ring (bicyclic) bond motifs is 1. The largest absolute Gasteiger partial charge is 0.465 e. The topological polar surface area (TPSA) is 55.8 Å². The molecule has 0 spiro atoms. The number of carbonyl (C=O) groups excluding carboxylic acids is 2. The van der Waals surface area contributed by atoms with E-state index in [1.54, 1.807) is 24.3 Å². The Kier molecular flexibility index (Phi) is 5.41. The highest BCUT2D eigenvalue weighted by atomic mass is 16.7. The van der Waals surface area contributed by atoms with Crippen LogP contribution in [0.3, 0.4) is 0 Å². The van der Waals surface area contributed by atoms with Gasteiger partial charge in [-0.1, -0.05) is 30.0 Å². The molecule has 0 N–H and O–H groups in total. The van der Waals surface area contributed by atoms with Gasteiger partial charge in [-0.2, -0.15) is 0 Å². The van der Waals surface area contributed by atoms with Crippen molar-refractivity contribution >= 4 is 11.8 Å². The van der Waals surface area contributed by atoms with E-state index in [0.29, 0.717) is 17.5 Å². The van der Waals surface area contributed by atoms with Gasteiger partial charge in [0.1, 0.15) is 5.75 Å². The van der Waals surface area contributed by atoms with Crippen LogP contribution in [0, 0.1) is 11.8 Å². The summed E-state index contributed by atoms with van der Waals surface area (Å²) in [6, 6.07) is 14.5. The molecule has 0 saturated carbocycles. The van der Waals surface area contributed by atoms with E-state index in [1.807, 2.05) is 24.3 Å². The maximum absolute atomic E-state index is 12.3. The summed E-state index contributed by atoms with van der Waals surface area (Å²) in [5, 5.41) is 0. The molecule has 0 aliphatic carbocycles. The third-order valence-electron chi connectivity index (χ3n) is 4.81. The highest BCUT2D eigenvalue weighted by Crippen LogP contribution is 2.22. The van der Waals surface area contributed by atoms with E-state index in [9.17, 15) is 9.59 Å². The van der Waals surface area contributed by atoms with Crippen molar-refractivity contribution in [3.63, 3.8) is 0 Å². The second kappa shape index (κ2) is 8.28. The Morgan fingerprint density at radius 3 is 2.54 bits per heavy atom. The lowest BCUT2D eigenvalue weighted by atomic mass is 10.1. The van der Waals surface area contributed by atoms with Crippen molar-refractivity contribution in [2.24, 2.45) is 0 Å². The number of hydrogen-bond donors (Lipinski definition) is 0. The van der Waals surface area contributed by atoms with Crippen molar-refractivity contribution in [3.05, 3.63) is 65.2 Å². The maximum atomic E-state index is 12.3. The number of amides is 2. The summed E-state index contributed by atoms with van der Waals surface area (Å²) in [4.78, 5) is 25.9. The van der Waals surface area contributed by atoms with Crippen molar-refractivity contribution in [1.29, 1.82) is 0 Å². The first-order valence-electron chi connectivity index (χ1n) is 9.55. The van der Waals surface area contributed by atoms with Crippen LogP contribution in [-0.2, 0) is 4.74 Å². The van der Waals surface area contributed by atoms with Crippen LogP contribution < -0.4 is 4.74 Å². The zero-order valence-corrected chi connectivity index (χ0v) is 15.5. The zero-order chi connectivity index (χ0) is 19.3. The molecule has 0 aromatic heterocycles. The Balaban J connectivity index is 1.35. The lowest BCUT2D eigenvalue weighted by molar-refractivity contribution is -0.105. The minimum absolute atomic E-state index is 0.189. The van der Waals surface area contributed by atoms with Gasteiger partial charge in [0.25, 0.3) is 11.8 Å². The number of hydrogen-bond acceptors (Lipinski definition) is 4. The van der Waals surface area contributed by atoms with Crippen LogP contribution in [0.2, 0.25) is 0 Å². The fourth-order valence-corrected chi connectivity index (χ4v) is 3.38. The normalized spacial score (nSPS) is 18.4. The third-order valence-corrected chi connectivity index (χ3v) is 4.81. The molecule has 2 aromatic carbocycles. The smallest absolute Gasteiger partial charge is 0.261 e. The molecule has 142 valence electrons. The van der Waals surface area contributed by atoms with E-state index < -0.39 is 0 Å². The fourth-order valence-electron chi connectivity index (χ4n) is 3.38. The van der Waals surface area contributed by atoms with E-state index in [0.717, 1.165) is 37.2 Å². The molecule has 2 aliphatic heterocycles. The molecule has 2 heterocycles. The Hall–Kier alpha value is -3.10. The molecule has 1 saturated heterocycles. The summed E-state index contributed by atoms with van der Waals surface area (Å²) >= 11 is 0. The van der Waals surface area contributed by atoms with Gasteiger partial charge >= 0.3 is 0 Å². The standard InChI is InChI=1S/C23H21NO4/c25-22-19-11-1-2-12-20(19)23(26)24(22)14-5-3-8-17-9-7-10-18(16-17)28-21-13-4-6-15-27-21/h1-2,7,9-12,16,21H,4-6,13-15H2. The average Bonchev–Trinajstić information content (AvgIpc) is 2.97. The summed E-state index contributed by atoms with van der Waals surface area (Å²) < 4.78 is 11.5. The quantitative estimate of drug-likeness (QED) is 0.605. The first-order valence-corrected chi connectivity index (χ1v) is 9.55. The number of nitrogens with zero attached hydrogens (tertiary/aromatic N) is 1. The Morgan fingerprint density at radius 2 is 1.82 bits per heavy atom. The van der Waals surface area contributed by atoms with Crippen LogP contribution in [-0.4, -0.2) is 36.2 Å². The molecule has 1 atom stereocenters. The predicted molar refractivity (Wildman–Crippen MR) is 104 cm³/mol. The minimum Gasteiger partial charge on any atom is -0.465 e. The average molecular weight is 375 g/mol. The summed E-state index contributed by atoms with van der Waals surface area (Å²) in [5.74, 6) is 6.37. The van der Waals surface area contributed by atoms with E-state index in [2.05, 4.69) is 11.8 Å². The second-order valence-electron chi connectivity index (χ2n) is 6.80. The Morgan fingerprint density at radius 1 is 1.04 bits per heavy atom. The van der Waals surface area contributed by atoms with E-state index in [1.165, 1.54) is 4.90 Å². The van der Waals surface area contributed by atoms with Crippen molar-refractivity contribution in [2.45, 2.75) is 32.0 Å². The van der Waals surface area contributed by atoms with Gasteiger partial charge in [-0.05, 0) is 43.2 Å². The second-order valence-corrected chi connectivity index (χ2v) is 6.80. The van der Waals surface area contributed by atoms with E-state index >= 15 is 0 Å². The monoisotopic (exact) mass is 375 g/mol. The molecule has 5 heteroatoms. The van der Waals surface area contributed by atoms with Gasteiger partial charge in [-0.3, -0.25) is 14.5 Å². The Labute approximate surface area is 164 Å². The fraction of sp³-hybridized carbons (Fsp3) is 0.304. The number of carbonyl (C=O) groups is 2.